The van der Waals surface area contributed by atoms with E-state index in [0.29, 0.717) is 25.2 Å². The number of carbonyl (C=O) groups is 2. The number of imidazole rings is 1. The van der Waals surface area contributed by atoms with Crippen LogP contribution in [0.1, 0.15) is 25.7 Å². The van der Waals surface area contributed by atoms with Crippen molar-refractivity contribution in [2.24, 2.45) is 5.92 Å². The van der Waals surface area contributed by atoms with Crippen LogP contribution < -0.4 is 5.32 Å². The lowest BCUT2D eigenvalue weighted by Crippen LogP contribution is -2.19. The van der Waals surface area contributed by atoms with Gasteiger partial charge in [-0.2, -0.15) is 0 Å². The first-order valence-electron chi connectivity index (χ1n) is 5.72. The average molecular weight is 233 g/mol. The maximum absolute atomic E-state index is 11.6. The van der Waals surface area contributed by atoms with Gasteiger partial charge in [-0.25, -0.2) is 4.98 Å². The van der Waals surface area contributed by atoms with Crippen molar-refractivity contribution in [1.29, 1.82) is 0 Å². The highest BCUT2D eigenvalue weighted by atomic mass is 16.1. The van der Waals surface area contributed by atoms with E-state index in [1.807, 2.05) is 12.2 Å². The lowest BCUT2D eigenvalue weighted by Gasteiger charge is -2.15. The van der Waals surface area contributed by atoms with Gasteiger partial charge >= 0.3 is 0 Å². The lowest BCUT2D eigenvalue weighted by molar-refractivity contribution is -0.123. The Balaban J connectivity index is 1.76. The number of aromatic amines is 1. The van der Waals surface area contributed by atoms with Crippen molar-refractivity contribution in [2.45, 2.75) is 25.7 Å². The SMILES string of the molecule is O=C(CC[C@H]1CC=CCC1=O)Nc1ncc[nH]1. The molecule has 1 amide bonds. The van der Waals surface area contributed by atoms with Gasteiger partial charge in [0.2, 0.25) is 11.9 Å². The van der Waals surface area contributed by atoms with Crippen LogP contribution in [0, 0.1) is 5.92 Å². The van der Waals surface area contributed by atoms with E-state index in [1.165, 1.54) is 0 Å². The Morgan fingerprint density at radius 2 is 2.41 bits per heavy atom. The molecule has 1 aliphatic rings. The normalized spacial score (nSPS) is 19.3. The van der Waals surface area contributed by atoms with Gasteiger partial charge in [0.25, 0.3) is 0 Å². The van der Waals surface area contributed by atoms with Gasteiger partial charge in [-0.1, -0.05) is 12.2 Å². The standard InChI is InChI=1S/C12H15N3O2/c16-10-4-2-1-3-9(10)5-6-11(17)15-12-13-7-8-14-12/h1-2,7-9H,3-6H2,(H2,13,14,15,17)/t9-/m1/s1. The predicted molar refractivity (Wildman–Crippen MR) is 63.3 cm³/mol. The first-order valence-corrected chi connectivity index (χ1v) is 5.72. The molecule has 0 radical (unpaired) electrons. The summed E-state index contributed by atoms with van der Waals surface area (Å²) in [5, 5.41) is 2.64. The number of hydrogen-bond acceptors (Lipinski definition) is 3. The minimum absolute atomic E-state index is 0.00218. The summed E-state index contributed by atoms with van der Waals surface area (Å²) in [5.74, 6) is 0.577. The number of ketones is 1. The molecule has 0 aliphatic heterocycles. The summed E-state index contributed by atoms with van der Waals surface area (Å²) >= 11 is 0. The van der Waals surface area contributed by atoms with Crippen LogP contribution in [0.15, 0.2) is 24.5 Å². The van der Waals surface area contributed by atoms with Crippen molar-refractivity contribution >= 4 is 17.6 Å². The quantitative estimate of drug-likeness (QED) is 0.777. The molecule has 0 saturated carbocycles. The molecular formula is C12H15N3O2. The monoisotopic (exact) mass is 233 g/mol. The van der Waals surface area contributed by atoms with E-state index >= 15 is 0 Å². The Bertz CT molecular complexity index is 423. The van der Waals surface area contributed by atoms with Gasteiger partial charge in [0.05, 0.1) is 0 Å². The van der Waals surface area contributed by atoms with Crippen LogP contribution in [-0.4, -0.2) is 21.7 Å². The lowest BCUT2D eigenvalue weighted by atomic mass is 9.89. The fourth-order valence-corrected chi connectivity index (χ4v) is 1.87. The van der Waals surface area contributed by atoms with E-state index in [4.69, 9.17) is 0 Å². The second-order valence-electron chi connectivity index (χ2n) is 4.10. The molecule has 1 aromatic heterocycles. The van der Waals surface area contributed by atoms with Gasteiger partial charge < -0.3 is 4.98 Å². The van der Waals surface area contributed by atoms with E-state index in [2.05, 4.69) is 15.3 Å². The Morgan fingerprint density at radius 3 is 3.12 bits per heavy atom. The fourth-order valence-electron chi connectivity index (χ4n) is 1.87. The van der Waals surface area contributed by atoms with Crippen LogP contribution in [0.5, 0.6) is 0 Å². The largest absolute Gasteiger partial charge is 0.331 e. The molecule has 1 heterocycles. The molecule has 5 heteroatoms. The third-order valence-electron chi connectivity index (χ3n) is 2.84. The molecule has 0 fully saturated rings. The van der Waals surface area contributed by atoms with Crippen molar-refractivity contribution in [3.05, 3.63) is 24.5 Å². The zero-order valence-corrected chi connectivity index (χ0v) is 9.48. The second kappa shape index (κ2) is 5.43. The Kier molecular flexibility index (Phi) is 3.69. The molecule has 0 aromatic carbocycles. The van der Waals surface area contributed by atoms with Gasteiger partial charge in [0.1, 0.15) is 5.78 Å². The number of nitrogens with one attached hydrogen (secondary N) is 2. The van der Waals surface area contributed by atoms with Crippen molar-refractivity contribution < 1.29 is 9.59 Å². The van der Waals surface area contributed by atoms with Gasteiger partial charge in [-0.15, -0.1) is 0 Å². The predicted octanol–water partition coefficient (Wildman–Crippen LogP) is 1.66. The first kappa shape index (κ1) is 11.6. The van der Waals surface area contributed by atoms with Gasteiger partial charge in [0.15, 0.2) is 0 Å². The van der Waals surface area contributed by atoms with Crippen LogP contribution in [0.2, 0.25) is 0 Å². The molecule has 2 N–H and O–H groups in total. The van der Waals surface area contributed by atoms with Crippen molar-refractivity contribution in [3.63, 3.8) is 0 Å². The fraction of sp³-hybridized carbons (Fsp3) is 0.417. The van der Waals surface area contributed by atoms with E-state index in [1.54, 1.807) is 12.4 Å². The summed E-state index contributed by atoms with van der Waals surface area (Å²) in [5.41, 5.74) is 0. The number of H-pyrrole nitrogens is 1. The molecular weight excluding hydrogens is 218 g/mol. The summed E-state index contributed by atoms with van der Waals surface area (Å²) in [6.45, 7) is 0. The zero-order valence-electron chi connectivity index (χ0n) is 9.48. The third-order valence-corrected chi connectivity index (χ3v) is 2.84. The summed E-state index contributed by atoms with van der Waals surface area (Å²) in [6.07, 6.45) is 9.34. The highest BCUT2D eigenvalue weighted by Gasteiger charge is 2.19. The number of aromatic nitrogens is 2. The Hall–Kier alpha value is -1.91. The molecule has 5 nitrogen and oxygen atoms in total. The zero-order chi connectivity index (χ0) is 12.1. The van der Waals surface area contributed by atoms with Crippen molar-refractivity contribution in [2.75, 3.05) is 5.32 Å². The Morgan fingerprint density at radius 1 is 1.53 bits per heavy atom. The molecule has 2 rings (SSSR count). The molecule has 0 spiro atoms. The summed E-state index contributed by atoms with van der Waals surface area (Å²) in [6, 6.07) is 0. The number of allylic oxidation sites excluding steroid dienone is 2. The van der Waals surface area contributed by atoms with E-state index < -0.39 is 0 Å². The second-order valence-corrected chi connectivity index (χ2v) is 4.10. The first-order chi connectivity index (χ1) is 8.25. The third kappa shape index (κ3) is 3.27. The van der Waals surface area contributed by atoms with Crippen molar-refractivity contribution in [3.8, 4) is 0 Å². The summed E-state index contributed by atoms with van der Waals surface area (Å²) in [4.78, 5) is 29.8. The maximum Gasteiger partial charge on any atom is 0.226 e. The maximum atomic E-state index is 11.6. The summed E-state index contributed by atoms with van der Waals surface area (Å²) < 4.78 is 0. The molecule has 1 atom stereocenters. The average Bonchev–Trinajstić information content (AvgIpc) is 2.81. The van der Waals surface area contributed by atoms with Crippen molar-refractivity contribution in [1.82, 2.24) is 9.97 Å². The molecule has 1 aliphatic carbocycles. The minimum atomic E-state index is -0.109. The van der Waals surface area contributed by atoms with Crippen LogP contribution in [0.4, 0.5) is 5.95 Å². The van der Waals surface area contributed by atoms with Crippen LogP contribution in [0.3, 0.4) is 0 Å². The molecule has 17 heavy (non-hydrogen) atoms. The van der Waals surface area contributed by atoms with E-state index in [9.17, 15) is 9.59 Å². The molecule has 0 unspecified atom stereocenters. The molecule has 90 valence electrons. The molecule has 0 saturated heterocycles. The number of amides is 1. The number of carbonyl (C=O) groups excluding carboxylic acids is 2. The number of hydrogen-bond donors (Lipinski definition) is 2. The summed E-state index contributed by atoms with van der Waals surface area (Å²) in [7, 11) is 0. The number of rotatable bonds is 4. The van der Waals surface area contributed by atoms with E-state index in [-0.39, 0.29) is 17.6 Å². The highest BCUT2D eigenvalue weighted by molar-refractivity contribution is 5.90. The van der Waals surface area contributed by atoms with E-state index in [0.717, 1.165) is 6.42 Å². The Labute approximate surface area is 99.3 Å². The molecule has 0 bridgehead atoms. The smallest absolute Gasteiger partial charge is 0.226 e. The number of nitrogens with zero attached hydrogens (tertiary/aromatic N) is 1. The van der Waals surface area contributed by atoms with Gasteiger partial charge in [-0.3, -0.25) is 14.9 Å². The van der Waals surface area contributed by atoms with Crippen LogP contribution in [-0.2, 0) is 9.59 Å². The number of Topliss-reactive ketones (excluding diaryl/α,β-unsaturated/α-hetero) is 1. The topological polar surface area (TPSA) is 74.8 Å². The van der Waals surface area contributed by atoms with Gasteiger partial charge in [-0.05, 0) is 12.8 Å². The van der Waals surface area contributed by atoms with Gasteiger partial charge in [0, 0.05) is 31.2 Å². The minimum Gasteiger partial charge on any atom is -0.331 e. The molecule has 1 aromatic rings. The number of anilines is 1. The van der Waals surface area contributed by atoms with Crippen LogP contribution >= 0.6 is 0 Å². The van der Waals surface area contributed by atoms with Crippen LogP contribution in [0.25, 0.3) is 0 Å². The highest BCUT2D eigenvalue weighted by Crippen LogP contribution is 2.19.